The van der Waals surface area contributed by atoms with Crippen molar-refractivity contribution in [2.24, 2.45) is 0 Å². The van der Waals surface area contributed by atoms with Crippen LogP contribution in [0, 0.1) is 19.7 Å². The first-order chi connectivity index (χ1) is 17.8. The molecule has 0 bridgehead atoms. The van der Waals surface area contributed by atoms with Gasteiger partial charge in [-0.05, 0) is 56.2 Å². The van der Waals surface area contributed by atoms with E-state index in [1.54, 1.807) is 47.3 Å². The minimum Gasteiger partial charge on any atom is -0.380 e. The molecule has 5 nitrogen and oxygen atoms in total. The largest absolute Gasteiger partial charge is 0.380 e. The summed E-state index contributed by atoms with van der Waals surface area (Å²) in [6.07, 6.45) is 2.32. The molecule has 0 saturated carbocycles. The van der Waals surface area contributed by atoms with Crippen molar-refractivity contribution in [3.63, 3.8) is 0 Å². The number of carbonyl (C=O) groups is 1. The summed E-state index contributed by atoms with van der Waals surface area (Å²) in [7, 11) is 0. The maximum Gasteiger partial charge on any atom is 0.196 e. The lowest BCUT2D eigenvalue weighted by atomic mass is 9.97. The highest BCUT2D eigenvalue weighted by Crippen LogP contribution is 2.42. The number of aliphatic hydroxyl groups excluding tert-OH is 1. The second-order valence-corrected chi connectivity index (χ2v) is 10.3. The second kappa shape index (κ2) is 10.2. The molecule has 2 aromatic heterocycles. The normalized spacial score (nSPS) is 12.3. The van der Waals surface area contributed by atoms with E-state index in [9.17, 15) is 9.90 Å². The summed E-state index contributed by atoms with van der Waals surface area (Å²) in [5, 5.41) is 15.8. The fourth-order valence-electron chi connectivity index (χ4n) is 4.48. The topological polar surface area (TPSA) is 60.0 Å². The molecule has 1 N–H and O–H groups in total. The summed E-state index contributed by atoms with van der Waals surface area (Å²) in [5.41, 5.74) is 3.71. The van der Waals surface area contributed by atoms with Gasteiger partial charge in [0, 0.05) is 39.2 Å². The van der Waals surface area contributed by atoms with Crippen molar-refractivity contribution in [1.29, 1.82) is 0 Å². The van der Waals surface area contributed by atoms with Crippen LogP contribution in [0.3, 0.4) is 0 Å². The fourth-order valence-corrected chi connectivity index (χ4v) is 5.70. The van der Waals surface area contributed by atoms with Gasteiger partial charge in [0.25, 0.3) is 0 Å². The third-order valence-electron chi connectivity index (χ3n) is 6.46. The number of Topliss-reactive ketones (excluding diaryl/α,β-unsaturated/α-hetero) is 1. The Morgan fingerprint density at radius 3 is 2.59 bits per heavy atom. The van der Waals surface area contributed by atoms with Crippen LogP contribution in [0.1, 0.15) is 40.2 Å². The molecule has 1 unspecified atom stereocenters. The highest BCUT2D eigenvalue weighted by molar-refractivity contribution is 7.99. The van der Waals surface area contributed by atoms with Gasteiger partial charge in [-0.1, -0.05) is 59.8 Å². The Morgan fingerprint density at radius 1 is 1.14 bits per heavy atom. The van der Waals surface area contributed by atoms with Crippen LogP contribution in [-0.4, -0.2) is 25.2 Å². The Hall–Kier alpha value is -3.39. The van der Waals surface area contributed by atoms with Crippen molar-refractivity contribution in [3.05, 3.63) is 106 Å². The molecule has 3 aromatic carbocycles. The van der Waals surface area contributed by atoms with Gasteiger partial charge in [-0.3, -0.25) is 9.48 Å². The molecule has 0 aliphatic rings. The maximum absolute atomic E-state index is 15.4. The number of rotatable bonds is 7. The van der Waals surface area contributed by atoms with Crippen molar-refractivity contribution in [2.75, 3.05) is 0 Å². The zero-order valence-electron chi connectivity index (χ0n) is 20.6. The number of hydrogen-bond donors (Lipinski definition) is 1. The van der Waals surface area contributed by atoms with Crippen molar-refractivity contribution in [3.8, 4) is 5.69 Å². The molecule has 1 atom stereocenters. The summed E-state index contributed by atoms with van der Waals surface area (Å²) in [6, 6.07) is 17.8. The quantitative estimate of drug-likeness (QED) is 0.223. The van der Waals surface area contributed by atoms with Crippen LogP contribution in [0.15, 0.2) is 82.8 Å². The average Bonchev–Trinajstić information content (AvgIpc) is 3.49. The molecule has 0 saturated heterocycles. The van der Waals surface area contributed by atoms with E-state index in [1.165, 1.54) is 11.8 Å². The van der Waals surface area contributed by atoms with E-state index in [2.05, 4.69) is 5.10 Å². The Labute approximate surface area is 223 Å². The van der Waals surface area contributed by atoms with Crippen molar-refractivity contribution in [2.45, 2.75) is 43.2 Å². The van der Waals surface area contributed by atoms with Crippen LogP contribution in [0.5, 0.6) is 0 Å². The molecule has 0 spiro atoms. The van der Waals surface area contributed by atoms with E-state index >= 15 is 4.39 Å². The molecular weight excluding hydrogens is 509 g/mol. The van der Waals surface area contributed by atoms with Gasteiger partial charge in [0.05, 0.1) is 22.4 Å². The smallest absolute Gasteiger partial charge is 0.196 e. The molecule has 188 valence electrons. The van der Waals surface area contributed by atoms with E-state index < -0.39 is 11.9 Å². The number of carbonyl (C=O) groups excluding carboxylic acids is 1. The SMILES string of the molecule is CCn1cc(-n2c(C)c(Sc3ccc(C)c(C(=O)C(O)c4ccccc4)c3)c3ccc(Cl)c(F)c32)cn1. The maximum atomic E-state index is 15.4. The number of aryl methyl sites for hydroxylation is 2. The van der Waals surface area contributed by atoms with Gasteiger partial charge in [0.1, 0.15) is 6.10 Å². The van der Waals surface area contributed by atoms with Crippen LogP contribution < -0.4 is 0 Å². The highest BCUT2D eigenvalue weighted by atomic mass is 35.5. The average molecular weight is 534 g/mol. The number of ketones is 1. The summed E-state index contributed by atoms with van der Waals surface area (Å²) >= 11 is 7.62. The number of halogens is 2. The van der Waals surface area contributed by atoms with Crippen LogP contribution in [0.4, 0.5) is 4.39 Å². The zero-order chi connectivity index (χ0) is 26.3. The Bertz CT molecular complexity index is 1630. The highest BCUT2D eigenvalue weighted by Gasteiger charge is 2.24. The van der Waals surface area contributed by atoms with Gasteiger partial charge in [-0.25, -0.2) is 4.39 Å². The van der Waals surface area contributed by atoms with Gasteiger partial charge in [0.15, 0.2) is 11.6 Å². The van der Waals surface area contributed by atoms with Gasteiger partial charge in [0.2, 0.25) is 0 Å². The summed E-state index contributed by atoms with van der Waals surface area (Å²) < 4.78 is 19.0. The first-order valence-electron chi connectivity index (χ1n) is 11.9. The van der Waals surface area contributed by atoms with E-state index in [-0.39, 0.29) is 10.8 Å². The van der Waals surface area contributed by atoms with Crippen molar-refractivity contribution in [1.82, 2.24) is 14.3 Å². The molecule has 0 aliphatic carbocycles. The first-order valence-corrected chi connectivity index (χ1v) is 13.1. The molecule has 0 radical (unpaired) electrons. The molecule has 8 heteroatoms. The molecular formula is C29H25ClFN3O2S. The minimum absolute atomic E-state index is 0.0452. The lowest BCUT2D eigenvalue weighted by molar-refractivity contribution is 0.0746. The Balaban J connectivity index is 1.59. The third-order valence-corrected chi connectivity index (χ3v) is 7.96. The molecule has 0 amide bonds. The number of benzene rings is 3. The third kappa shape index (κ3) is 4.59. The standard InChI is InChI=1S/C29H25ClFN3O2S/c1-4-33-16-20(15-32-33)34-18(3)29(22-12-13-24(30)25(31)26(22)34)37-21-11-10-17(2)23(14-21)28(36)27(35)19-8-6-5-7-9-19/h5-16,27,35H,4H2,1-3H3. The van der Waals surface area contributed by atoms with E-state index in [0.717, 1.165) is 26.7 Å². The second-order valence-electron chi connectivity index (χ2n) is 8.82. The molecule has 5 rings (SSSR count). The summed E-state index contributed by atoms with van der Waals surface area (Å²) in [5.74, 6) is -0.862. The van der Waals surface area contributed by atoms with E-state index in [0.29, 0.717) is 28.6 Å². The number of nitrogens with zero attached hydrogens (tertiary/aromatic N) is 3. The van der Waals surface area contributed by atoms with Crippen LogP contribution in [0.2, 0.25) is 5.02 Å². The molecule has 37 heavy (non-hydrogen) atoms. The van der Waals surface area contributed by atoms with E-state index in [4.69, 9.17) is 11.6 Å². The summed E-state index contributed by atoms with van der Waals surface area (Å²) in [6.45, 7) is 6.46. The zero-order valence-corrected chi connectivity index (χ0v) is 22.1. The van der Waals surface area contributed by atoms with Crippen molar-refractivity contribution < 1.29 is 14.3 Å². The number of fused-ring (bicyclic) bond motifs is 1. The number of hydrogen-bond acceptors (Lipinski definition) is 4. The predicted molar refractivity (Wildman–Crippen MR) is 145 cm³/mol. The predicted octanol–water partition coefficient (Wildman–Crippen LogP) is 7.32. The van der Waals surface area contributed by atoms with Crippen LogP contribution in [0.25, 0.3) is 16.6 Å². The minimum atomic E-state index is -1.25. The van der Waals surface area contributed by atoms with Crippen LogP contribution >= 0.6 is 23.4 Å². The lowest BCUT2D eigenvalue weighted by Gasteiger charge is -2.13. The molecule has 5 aromatic rings. The van der Waals surface area contributed by atoms with Crippen molar-refractivity contribution >= 4 is 40.0 Å². The van der Waals surface area contributed by atoms with E-state index in [1.807, 2.05) is 55.8 Å². The lowest BCUT2D eigenvalue weighted by Crippen LogP contribution is -2.13. The Morgan fingerprint density at radius 2 is 1.89 bits per heavy atom. The van der Waals surface area contributed by atoms with Gasteiger partial charge in [-0.15, -0.1) is 0 Å². The molecule has 2 heterocycles. The number of aromatic nitrogens is 3. The fraction of sp³-hybridized carbons (Fsp3) is 0.172. The Kier molecular flexibility index (Phi) is 6.94. The van der Waals surface area contributed by atoms with Gasteiger partial charge in [-0.2, -0.15) is 5.10 Å². The van der Waals surface area contributed by atoms with Crippen LogP contribution in [-0.2, 0) is 6.54 Å². The monoisotopic (exact) mass is 533 g/mol. The first kappa shape index (κ1) is 25.3. The molecule has 0 fully saturated rings. The summed E-state index contributed by atoms with van der Waals surface area (Å²) in [4.78, 5) is 14.9. The number of aliphatic hydroxyl groups is 1. The molecule has 0 aliphatic heterocycles. The van der Waals surface area contributed by atoms with Gasteiger partial charge < -0.3 is 9.67 Å². The van der Waals surface area contributed by atoms with Gasteiger partial charge >= 0.3 is 0 Å².